The SMILES string of the molecule is Nc1ccc2nc3[nH]nc(Cc4ccc(F)cc4)n3c2c1. The van der Waals surface area contributed by atoms with Crippen LogP contribution in [0.15, 0.2) is 42.5 Å². The normalized spacial score (nSPS) is 11.5. The predicted octanol–water partition coefficient (Wildman–Crippen LogP) is 2.52. The standard InChI is InChI=1S/C15H12FN5/c16-10-3-1-9(2-4-10)7-14-19-20-15-18-12-6-5-11(17)8-13(12)21(14)15/h1-6,8H,7,17H2,(H,18,20). The van der Waals surface area contributed by atoms with Crippen LogP contribution in [0.5, 0.6) is 0 Å². The number of nitrogens with one attached hydrogen (secondary N) is 1. The second-order valence-corrected chi connectivity index (χ2v) is 4.96. The smallest absolute Gasteiger partial charge is 0.230 e. The van der Waals surface area contributed by atoms with E-state index >= 15 is 0 Å². The van der Waals surface area contributed by atoms with Gasteiger partial charge in [0.15, 0.2) is 0 Å². The van der Waals surface area contributed by atoms with Crippen LogP contribution >= 0.6 is 0 Å². The molecule has 2 aromatic carbocycles. The fourth-order valence-electron chi connectivity index (χ4n) is 2.50. The first kappa shape index (κ1) is 11.9. The lowest BCUT2D eigenvalue weighted by Gasteiger charge is -2.00. The van der Waals surface area contributed by atoms with Crippen molar-refractivity contribution in [2.75, 3.05) is 5.73 Å². The molecule has 6 heteroatoms. The molecule has 0 aliphatic rings. The highest BCUT2D eigenvalue weighted by molar-refractivity contribution is 5.82. The van der Waals surface area contributed by atoms with Crippen molar-refractivity contribution in [3.8, 4) is 0 Å². The Morgan fingerprint density at radius 1 is 1.14 bits per heavy atom. The fourth-order valence-corrected chi connectivity index (χ4v) is 2.50. The van der Waals surface area contributed by atoms with Gasteiger partial charge in [0.2, 0.25) is 5.78 Å². The number of fused-ring (bicyclic) bond motifs is 3. The summed E-state index contributed by atoms with van der Waals surface area (Å²) in [5.41, 5.74) is 9.28. The van der Waals surface area contributed by atoms with Gasteiger partial charge in [-0.1, -0.05) is 12.1 Å². The van der Waals surface area contributed by atoms with Crippen LogP contribution in [0.1, 0.15) is 11.4 Å². The van der Waals surface area contributed by atoms with Gasteiger partial charge in [-0.05, 0) is 35.9 Å². The van der Waals surface area contributed by atoms with Crippen LogP contribution in [0.2, 0.25) is 0 Å². The van der Waals surface area contributed by atoms with Crippen LogP contribution in [0, 0.1) is 5.82 Å². The molecule has 0 spiro atoms. The average Bonchev–Trinajstić information content (AvgIpc) is 3.01. The number of imidazole rings is 1. The number of benzene rings is 2. The minimum absolute atomic E-state index is 0.244. The van der Waals surface area contributed by atoms with E-state index in [9.17, 15) is 4.39 Å². The highest BCUT2D eigenvalue weighted by Gasteiger charge is 2.12. The zero-order valence-corrected chi connectivity index (χ0v) is 11.0. The van der Waals surface area contributed by atoms with Gasteiger partial charge < -0.3 is 5.73 Å². The van der Waals surface area contributed by atoms with Crippen molar-refractivity contribution in [3.63, 3.8) is 0 Å². The number of hydrogen-bond donors (Lipinski definition) is 2. The molecule has 0 amide bonds. The van der Waals surface area contributed by atoms with Crippen molar-refractivity contribution in [1.82, 2.24) is 19.6 Å². The molecule has 0 fully saturated rings. The van der Waals surface area contributed by atoms with Crippen LogP contribution in [-0.4, -0.2) is 19.6 Å². The average molecular weight is 281 g/mol. The molecule has 4 rings (SSSR count). The van der Waals surface area contributed by atoms with Crippen LogP contribution in [0.25, 0.3) is 16.8 Å². The van der Waals surface area contributed by atoms with Crippen LogP contribution in [-0.2, 0) is 6.42 Å². The Morgan fingerprint density at radius 2 is 1.95 bits per heavy atom. The highest BCUT2D eigenvalue weighted by Crippen LogP contribution is 2.21. The van der Waals surface area contributed by atoms with Crippen LogP contribution in [0.3, 0.4) is 0 Å². The number of anilines is 1. The van der Waals surface area contributed by atoms with Gasteiger partial charge in [-0.3, -0.25) is 4.40 Å². The Hall–Kier alpha value is -2.89. The molecule has 0 saturated heterocycles. The summed E-state index contributed by atoms with van der Waals surface area (Å²) < 4.78 is 14.9. The number of halogens is 1. The molecular weight excluding hydrogens is 269 g/mol. The number of aromatic nitrogens is 4. The third kappa shape index (κ3) is 1.92. The maximum Gasteiger partial charge on any atom is 0.230 e. The van der Waals surface area contributed by atoms with Gasteiger partial charge in [-0.25, -0.2) is 14.5 Å². The first-order valence-corrected chi connectivity index (χ1v) is 6.56. The Kier molecular flexibility index (Phi) is 2.44. The number of nitrogen functional groups attached to an aromatic ring is 1. The molecule has 4 aromatic rings. The summed E-state index contributed by atoms with van der Waals surface area (Å²) >= 11 is 0. The summed E-state index contributed by atoms with van der Waals surface area (Å²) in [5, 5.41) is 7.21. The molecular formula is C15H12FN5. The van der Waals surface area contributed by atoms with Gasteiger partial charge in [0.05, 0.1) is 11.0 Å². The molecule has 0 unspecified atom stereocenters. The summed E-state index contributed by atoms with van der Waals surface area (Å²) in [7, 11) is 0. The predicted molar refractivity (Wildman–Crippen MR) is 78.5 cm³/mol. The van der Waals surface area contributed by atoms with Crippen LogP contribution in [0.4, 0.5) is 10.1 Å². The number of hydrogen-bond acceptors (Lipinski definition) is 3. The number of aromatic amines is 1. The molecule has 2 heterocycles. The molecule has 3 N–H and O–H groups in total. The molecule has 0 radical (unpaired) electrons. The van der Waals surface area contributed by atoms with E-state index in [1.54, 1.807) is 12.1 Å². The van der Waals surface area contributed by atoms with Crippen LogP contribution < -0.4 is 5.73 Å². The molecule has 5 nitrogen and oxygen atoms in total. The molecule has 2 aromatic heterocycles. The zero-order valence-electron chi connectivity index (χ0n) is 11.0. The molecule has 21 heavy (non-hydrogen) atoms. The lowest BCUT2D eigenvalue weighted by Crippen LogP contribution is -1.96. The second-order valence-electron chi connectivity index (χ2n) is 4.96. The van der Waals surface area contributed by atoms with E-state index in [0.717, 1.165) is 22.4 Å². The van der Waals surface area contributed by atoms with Crippen molar-refractivity contribution >= 4 is 22.5 Å². The van der Waals surface area contributed by atoms with Gasteiger partial charge in [0, 0.05) is 12.1 Å². The molecule has 0 atom stereocenters. The monoisotopic (exact) mass is 281 g/mol. The minimum Gasteiger partial charge on any atom is -0.399 e. The van der Waals surface area contributed by atoms with E-state index in [-0.39, 0.29) is 5.82 Å². The maximum atomic E-state index is 13.0. The summed E-state index contributed by atoms with van der Waals surface area (Å²) in [6, 6.07) is 12.0. The third-order valence-corrected chi connectivity index (χ3v) is 3.50. The molecule has 0 aliphatic carbocycles. The first-order valence-electron chi connectivity index (χ1n) is 6.56. The first-order chi connectivity index (χ1) is 10.2. The Morgan fingerprint density at radius 3 is 2.76 bits per heavy atom. The van der Waals surface area contributed by atoms with Gasteiger partial charge >= 0.3 is 0 Å². The van der Waals surface area contributed by atoms with E-state index in [1.165, 1.54) is 12.1 Å². The Balaban J connectivity index is 1.86. The van der Waals surface area contributed by atoms with E-state index in [2.05, 4.69) is 15.2 Å². The van der Waals surface area contributed by atoms with E-state index in [1.807, 2.05) is 22.6 Å². The lowest BCUT2D eigenvalue weighted by atomic mass is 10.1. The summed E-state index contributed by atoms with van der Waals surface area (Å²) in [6.45, 7) is 0. The zero-order chi connectivity index (χ0) is 14.4. The number of nitrogens with two attached hydrogens (primary N) is 1. The minimum atomic E-state index is -0.244. The van der Waals surface area contributed by atoms with E-state index < -0.39 is 0 Å². The summed E-state index contributed by atoms with van der Waals surface area (Å²) in [4.78, 5) is 4.46. The second kappa shape index (κ2) is 4.31. The van der Waals surface area contributed by atoms with Gasteiger partial charge in [-0.15, -0.1) is 0 Å². The maximum absolute atomic E-state index is 13.0. The van der Waals surface area contributed by atoms with E-state index in [4.69, 9.17) is 5.73 Å². The van der Waals surface area contributed by atoms with Crippen molar-refractivity contribution in [3.05, 3.63) is 59.7 Å². The number of nitrogens with zero attached hydrogens (tertiary/aromatic N) is 3. The molecule has 0 aliphatic heterocycles. The van der Waals surface area contributed by atoms with Crippen molar-refractivity contribution < 1.29 is 4.39 Å². The van der Waals surface area contributed by atoms with Crippen molar-refractivity contribution in [1.29, 1.82) is 0 Å². The topological polar surface area (TPSA) is 72.0 Å². The van der Waals surface area contributed by atoms with Gasteiger partial charge in [0.25, 0.3) is 0 Å². The van der Waals surface area contributed by atoms with Crippen molar-refractivity contribution in [2.24, 2.45) is 0 Å². The molecule has 0 saturated carbocycles. The van der Waals surface area contributed by atoms with Crippen molar-refractivity contribution in [2.45, 2.75) is 6.42 Å². The summed E-state index contributed by atoms with van der Waals surface area (Å²) in [6.07, 6.45) is 0.584. The lowest BCUT2D eigenvalue weighted by molar-refractivity contribution is 0.627. The number of rotatable bonds is 2. The fraction of sp³-hybridized carbons (Fsp3) is 0.0667. The Labute approximate surface area is 119 Å². The largest absolute Gasteiger partial charge is 0.399 e. The van der Waals surface area contributed by atoms with Gasteiger partial charge in [0.1, 0.15) is 11.6 Å². The van der Waals surface area contributed by atoms with E-state index in [0.29, 0.717) is 17.9 Å². The Bertz CT molecular complexity index is 936. The molecule has 104 valence electrons. The van der Waals surface area contributed by atoms with Gasteiger partial charge in [-0.2, -0.15) is 5.10 Å². The summed E-state index contributed by atoms with van der Waals surface area (Å²) in [5.74, 6) is 1.24. The number of H-pyrrole nitrogens is 1. The quantitative estimate of drug-likeness (QED) is 0.555. The third-order valence-electron chi connectivity index (χ3n) is 3.50. The molecule has 0 bridgehead atoms. The highest BCUT2D eigenvalue weighted by atomic mass is 19.1.